The Labute approximate surface area is 157 Å². The summed E-state index contributed by atoms with van der Waals surface area (Å²) >= 11 is 0. The molecule has 1 aliphatic heterocycles. The van der Waals surface area contributed by atoms with E-state index in [1.165, 1.54) is 0 Å². The maximum Gasteiger partial charge on any atom is 0.154 e. The van der Waals surface area contributed by atoms with E-state index in [0.29, 0.717) is 0 Å². The molecule has 0 amide bonds. The zero-order valence-electron chi connectivity index (χ0n) is 15.8. The molecule has 0 aliphatic carbocycles. The van der Waals surface area contributed by atoms with E-state index in [0.717, 1.165) is 66.1 Å². The summed E-state index contributed by atoms with van der Waals surface area (Å²) in [5.41, 5.74) is 5.09. The second-order valence-electron chi connectivity index (χ2n) is 7.08. The fraction of sp³-hybridized carbons (Fsp3) is 0.368. The summed E-state index contributed by atoms with van der Waals surface area (Å²) in [4.78, 5) is 13.8. The maximum absolute atomic E-state index is 4.80. The van der Waals surface area contributed by atoms with Gasteiger partial charge in [-0.3, -0.25) is 0 Å². The molecule has 0 N–H and O–H groups in total. The lowest BCUT2D eigenvalue weighted by molar-refractivity contribution is 0.635. The molecule has 1 aliphatic rings. The van der Waals surface area contributed by atoms with E-state index in [1.54, 1.807) is 0 Å². The molecule has 0 atom stereocenters. The number of rotatable bonds is 2. The average molecular weight is 362 g/mol. The molecular formula is C19H22N8. The highest BCUT2D eigenvalue weighted by Crippen LogP contribution is 2.23. The van der Waals surface area contributed by atoms with Gasteiger partial charge in [-0.05, 0) is 39.0 Å². The van der Waals surface area contributed by atoms with E-state index in [1.807, 2.05) is 41.3 Å². The third kappa shape index (κ3) is 2.59. The number of nitrogens with zero attached hydrogens (tertiary/aromatic N) is 8. The van der Waals surface area contributed by atoms with E-state index < -0.39 is 0 Å². The van der Waals surface area contributed by atoms with Gasteiger partial charge in [0.25, 0.3) is 0 Å². The number of fused-ring (bicyclic) bond motifs is 2. The Morgan fingerprint density at radius 1 is 0.926 bits per heavy atom. The van der Waals surface area contributed by atoms with Crippen LogP contribution in [0.15, 0.2) is 30.6 Å². The summed E-state index contributed by atoms with van der Waals surface area (Å²) in [5, 5.41) is 9.29. The molecule has 8 nitrogen and oxygen atoms in total. The fourth-order valence-electron chi connectivity index (χ4n) is 3.73. The van der Waals surface area contributed by atoms with Crippen LogP contribution < -0.4 is 9.80 Å². The third-order valence-electron chi connectivity index (χ3n) is 5.32. The van der Waals surface area contributed by atoms with Crippen LogP contribution in [0.4, 0.5) is 11.6 Å². The molecule has 0 saturated carbocycles. The average Bonchev–Trinajstić information content (AvgIpc) is 3.20. The van der Waals surface area contributed by atoms with Crippen LogP contribution in [0, 0.1) is 20.8 Å². The molecule has 5 heterocycles. The quantitative estimate of drug-likeness (QED) is 0.544. The standard InChI is InChI=1S/C19H22N8/c1-13-12-16-19(20-6-7-26(16)22-13)25-10-8-24(9-11-25)18-5-4-17-21-14(2)15(3)27(17)23-18/h4-7,12H,8-11H2,1-3H3. The monoisotopic (exact) mass is 362 g/mol. The minimum absolute atomic E-state index is 0.901. The van der Waals surface area contributed by atoms with Crippen LogP contribution in [0.1, 0.15) is 17.1 Å². The van der Waals surface area contributed by atoms with Crippen LogP contribution in [0.2, 0.25) is 0 Å². The summed E-state index contributed by atoms with van der Waals surface area (Å²) in [6.07, 6.45) is 3.72. The van der Waals surface area contributed by atoms with E-state index in [9.17, 15) is 0 Å². The van der Waals surface area contributed by atoms with Gasteiger partial charge in [0.05, 0.1) is 17.1 Å². The van der Waals surface area contributed by atoms with Crippen molar-refractivity contribution in [3.8, 4) is 0 Å². The minimum Gasteiger partial charge on any atom is -0.352 e. The number of anilines is 2. The second kappa shape index (κ2) is 5.94. The first-order chi connectivity index (χ1) is 13.1. The summed E-state index contributed by atoms with van der Waals surface area (Å²) in [7, 11) is 0. The fourth-order valence-corrected chi connectivity index (χ4v) is 3.73. The van der Waals surface area contributed by atoms with Gasteiger partial charge in [0.15, 0.2) is 11.5 Å². The Hall–Kier alpha value is -3.16. The molecule has 0 unspecified atom stereocenters. The van der Waals surface area contributed by atoms with E-state index >= 15 is 0 Å². The molecule has 0 bridgehead atoms. The summed E-state index contributed by atoms with van der Waals surface area (Å²) in [6, 6.07) is 6.20. The number of hydrogen-bond donors (Lipinski definition) is 0. The highest BCUT2D eigenvalue weighted by atomic mass is 15.4. The molecule has 0 spiro atoms. The lowest BCUT2D eigenvalue weighted by Crippen LogP contribution is -2.47. The van der Waals surface area contributed by atoms with Gasteiger partial charge in [-0.1, -0.05) is 0 Å². The van der Waals surface area contributed by atoms with Crippen LogP contribution in [0.5, 0.6) is 0 Å². The zero-order valence-corrected chi connectivity index (χ0v) is 15.8. The van der Waals surface area contributed by atoms with Crippen molar-refractivity contribution in [1.82, 2.24) is 29.2 Å². The first kappa shape index (κ1) is 16.0. The van der Waals surface area contributed by atoms with Crippen molar-refractivity contribution < 1.29 is 0 Å². The van der Waals surface area contributed by atoms with E-state index in [2.05, 4.69) is 43.9 Å². The van der Waals surface area contributed by atoms with Gasteiger partial charge < -0.3 is 9.80 Å². The first-order valence-corrected chi connectivity index (χ1v) is 9.24. The number of aryl methyl sites for hydroxylation is 3. The van der Waals surface area contributed by atoms with Gasteiger partial charge in [-0.2, -0.15) is 5.10 Å². The van der Waals surface area contributed by atoms with Crippen LogP contribution in [-0.2, 0) is 0 Å². The predicted octanol–water partition coefficient (Wildman–Crippen LogP) is 2.02. The molecule has 1 saturated heterocycles. The molecule has 27 heavy (non-hydrogen) atoms. The predicted molar refractivity (Wildman–Crippen MR) is 105 cm³/mol. The van der Waals surface area contributed by atoms with E-state index in [4.69, 9.17) is 5.10 Å². The molecule has 5 rings (SSSR count). The van der Waals surface area contributed by atoms with Crippen molar-refractivity contribution in [2.24, 2.45) is 0 Å². The Morgan fingerprint density at radius 3 is 2.52 bits per heavy atom. The Bertz CT molecular complexity index is 1130. The molecule has 4 aromatic rings. The van der Waals surface area contributed by atoms with Crippen molar-refractivity contribution in [1.29, 1.82) is 0 Å². The molecule has 138 valence electrons. The number of aromatic nitrogens is 6. The molecule has 1 fully saturated rings. The molecule has 8 heteroatoms. The van der Waals surface area contributed by atoms with Crippen LogP contribution in [0.3, 0.4) is 0 Å². The third-order valence-corrected chi connectivity index (χ3v) is 5.32. The summed E-state index contributed by atoms with van der Waals surface area (Å²) < 4.78 is 3.85. The maximum atomic E-state index is 4.80. The topological polar surface area (TPSA) is 66.9 Å². The Morgan fingerprint density at radius 2 is 1.70 bits per heavy atom. The van der Waals surface area contributed by atoms with Crippen LogP contribution in [0.25, 0.3) is 11.2 Å². The van der Waals surface area contributed by atoms with Crippen molar-refractivity contribution in [2.45, 2.75) is 20.8 Å². The Balaban J connectivity index is 1.39. The Kier molecular flexibility index (Phi) is 3.53. The van der Waals surface area contributed by atoms with Gasteiger partial charge in [-0.25, -0.2) is 19.0 Å². The van der Waals surface area contributed by atoms with Crippen LogP contribution >= 0.6 is 0 Å². The lowest BCUT2D eigenvalue weighted by Gasteiger charge is -2.36. The van der Waals surface area contributed by atoms with Gasteiger partial charge in [-0.15, -0.1) is 5.10 Å². The molecule has 0 aromatic carbocycles. The van der Waals surface area contributed by atoms with Crippen molar-refractivity contribution in [2.75, 3.05) is 36.0 Å². The summed E-state index contributed by atoms with van der Waals surface area (Å²) in [5.74, 6) is 2.00. The van der Waals surface area contributed by atoms with E-state index in [-0.39, 0.29) is 0 Å². The number of piperazine rings is 1. The van der Waals surface area contributed by atoms with Gasteiger partial charge in [0, 0.05) is 38.6 Å². The minimum atomic E-state index is 0.901. The highest BCUT2D eigenvalue weighted by Gasteiger charge is 2.22. The van der Waals surface area contributed by atoms with Gasteiger partial charge in [0.1, 0.15) is 11.3 Å². The van der Waals surface area contributed by atoms with Gasteiger partial charge in [0.2, 0.25) is 0 Å². The van der Waals surface area contributed by atoms with Crippen molar-refractivity contribution in [3.63, 3.8) is 0 Å². The first-order valence-electron chi connectivity index (χ1n) is 9.24. The molecular weight excluding hydrogens is 340 g/mol. The number of hydrogen-bond acceptors (Lipinski definition) is 6. The SMILES string of the molecule is Cc1cc2c(N3CCN(c4ccc5nc(C)c(C)n5n4)CC3)nccn2n1. The summed E-state index contributed by atoms with van der Waals surface area (Å²) in [6.45, 7) is 9.70. The largest absolute Gasteiger partial charge is 0.352 e. The normalized spacial score (nSPS) is 15.2. The number of imidazole rings is 1. The smallest absolute Gasteiger partial charge is 0.154 e. The van der Waals surface area contributed by atoms with Crippen molar-refractivity contribution >= 4 is 22.8 Å². The van der Waals surface area contributed by atoms with Crippen molar-refractivity contribution in [3.05, 3.63) is 47.7 Å². The van der Waals surface area contributed by atoms with Gasteiger partial charge >= 0.3 is 0 Å². The molecule has 4 aromatic heterocycles. The highest BCUT2D eigenvalue weighted by molar-refractivity contribution is 5.69. The lowest BCUT2D eigenvalue weighted by atomic mass is 10.3. The van der Waals surface area contributed by atoms with Crippen LogP contribution in [-0.4, -0.2) is 55.4 Å². The molecule has 0 radical (unpaired) electrons. The second-order valence-corrected chi connectivity index (χ2v) is 7.08. The zero-order chi connectivity index (χ0) is 18.5.